The van der Waals surface area contributed by atoms with Gasteiger partial charge in [-0.15, -0.1) is 0 Å². The summed E-state index contributed by atoms with van der Waals surface area (Å²) >= 11 is 0. The van der Waals surface area contributed by atoms with Gasteiger partial charge in [-0.25, -0.2) is 0 Å². The van der Waals surface area contributed by atoms with Gasteiger partial charge in [0.05, 0.1) is 5.60 Å². The minimum Gasteiger partial charge on any atom is -0.453 e. The molecular weight excluding hydrogens is 180 g/mol. The molecule has 3 heteroatoms. The molecule has 14 heavy (non-hydrogen) atoms. The molecule has 3 rings (SSSR count). The molecule has 0 radical (unpaired) electrons. The largest absolute Gasteiger partial charge is 0.453 e. The Morgan fingerprint density at radius 3 is 2.64 bits per heavy atom. The third-order valence-corrected chi connectivity index (χ3v) is 2.94. The predicted octanol–water partition coefficient (Wildman–Crippen LogP) is 1.71. The van der Waals surface area contributed by atoms with Gasteiger partial charge in [-0.3, -0.25) is 0 Å². The van der Waals surface area contributed by atoms with Crippen molar-refractivity contribution in [2.24, 2.45) is 0 Å². The van der Waals surface area contributed by atoms with E-state index in [1.165, 1.54) is 0 Å². The summed E-state index contributed by atoms with van der Waals surface area (Å²) in [6.45, 7) is 2.25. The number of aliphatic hydroxyl groups is 1. The summed E-state index contributed by atoms with van der Waals surface area (Å²) in [5, 5.41) is 10.0. The minimum absolute atomic E-state index is 0.267. The molecule has 1 aromatic rings. The van der Waals surface area contributed by atoms with Gasteiger partial charge in [0, 0.05) is 5.56 Å². The molecule has 1 aromatic carbocycles. The second-order valence-electron chi connectivity index (χ2n) is 4.03. The van der Waals surface area contributed by atoms with Gasteiger partial charge in [0.2, 0.25) is 6.79 Å². The topological polar surface area (TPSA) is 38.7 Å². The van der Waals surface area contributed by atoms with E-state index in [4.69, 9.17) is 9.47 Å². The molecule has 0 aromatic heterocycles. The Labute approximate surface area is 82.3 Å². The summed E-state index contributed by atoms with van der Waals surface area (Å²) in [7, 11) is 0. The molecule has 1 heterocycles. The smallest absolute Gasteiger partial charge is 0.231 e. The average Bonchev–Trinajstić information content (AvgIpc) is 2.74. The Balaban J connectivity index is 2.18. The van der Waals surface area contributed by atoms with Gasteiger partial charge in [-0.1, -0.05) is 12.1 Å². The first-order chi connectivity index (χ1) is 6.71. The van der Waals surface area contributed by atoms with Crippen LogP contribution in [-0.4, -0.2) is 11.9 Å². The van der Waals surface area contributed by atoms with Crippen molar-refractivity contribution in [3.8, 4) is 11.5 Å². The van der Waals surface area contributed by atoms with Crippen molar-refractivity contribution in [1.29, 1.82) is 0 Å². The van der Waals surface area contributed by atoms with Crippen LogP contribution in [0, 0.1) is 6.92 Å². The average molecular weight is 192 g/mol. The summed E-state index contributed by atoms with van der Waals surface area (Å²) in [6, 6.07) is 3.91. The standard InChI is InChI=1S/C11H12O3/c1-7-2-3-8(11(12)4-5-11)10-9(7)13-6-14-10/h2-3,12H,4-6H2,1H3. The number of aryl methyl sites for hydroxylation is 1. The van der Waals surface area contributed by atoms with Crippen molar-refractivity contribution >= 4 is 0 Å². The van der Waals surface area contributed by atoms with Gasteiger partial charge in [-0.2, -0.15) is 0 Å². The van der Waals surface area contributed by atoms with Gasteiger partial charge in [0.25, 0.3) is 0 Å². The van der Waals surface area contributed by atoms with Crippen molar-refractivity contribution < 1.29 is 14.6 Å². The summed E-state index contributed by atoms with van der Waals surface area (Å²) < 4.78 is 10.8. The first-order valence-corrected chi connectivity index (χ1v) is 4.83. The maximum absolute atomic E-state index is 10.0. The summed E-state index contributed by atoms with van der Waals surface area (Å²) in [4.78, 5) is 0. The van der Waals surface area contributed by atoms with E-state index in [1.54, 1.807) is 0 Å². The third-order valence-electron chi connectivity index (χ3n) is 2.94. The number of benzene rings is 1. The lowest BCUT2D eigenvalue weighted by molar-refractivity contribution is 0.140. The van der Waals surface area contributed by atoms with E-state index in [1.807, 2.05) is 19.1 Å². The quantitative estimate of drug-likeness (QED) is 0.736. The summed E-state index contributed by atoms with van der Waals surface area (Å²) in [6.07, 6.45) is 1.65. The molecule has 1 aliphatic carbocycles. The van der Waals surface area contributed by atoms with E-state index in [-0.39, 0.29) is 6.79 Å². The third kappa shape index (κ3) is 0.960. The van der Waals surface area contributed by atoms with Crippen LogP contribution in [0.15, 0.2) is 12.1 Å². The first-order valence-electron chi connectivity index (χ1n) is 4.83. The van der Waals surface area contributed by atoms with Crippen LogP contribution in [0.5, 0.6) is 11.5 Å². The molecule has 1 saturated carbocycles. The second-order valence-corrected chi connectivity index (χ2v) is 4.03. The van der Waals surface area contributed by atoms with E-state index in [9.17, 15) is 5.11 Å². The Morgan fingerprint density at radius 2 is 1.93 bits per heavy atom. The molecule has 1 N–H and O–H groups in total. The molecule has 0 atom stereocenters. The number of fused-ring (bicyclic) bond motifs is 1. The van der Waals surface area contributed by atoms with Crippen LogP contribution in [0.4, 0.5) is 0 Å². The number of rotatable bonds is 1. The highest BCUT2D eigenvalue weighted by Gasteiger charge is 2.45. The molecule has 0 amide bonds. The van der Waals surface area contributed by atoms with Gasteiger partial charge < -0.3 is 14.6 Å². The zero-order valence-electron chi connectivity index (χ0n) is 8.04. The van der Waals surface area contributed by atoms with Crippen LogP contribution in [-0.2, 0) is 5.60 Å². The fourth-order valence-corrected chi connectivity index (χ4v) is 1.89. The fourth-order valence-electron chi connectivity index (χ4n) is 1.89. The van der Waals surface area contributed by atoms with Crippen molar-refractivity contribution in [2.45, 2.75) is 25.4 Å². The van der Waals surface area contributed by atoms with Crippen LogP contribution >= 0.6 is 0 Å². The number of hydrogen-bond acceptors (Lipinski definition) is 3. The van der Waals surface area contributed by atoms with Gasteiger partial charge in [-0.05, 0) is 25.3 Å². The normalized spacial score (nSPS) is 21.0. The van der Waals surface area contributed by atoms with Crippen LogP contribution in [0.2, 0.25) is 0 Å². The monoisotopic (exact) mass is 192 g/mol. The molecule has 74 valence electrons. The highest BCUT2D eigenvalue weighted by molar-refractivity contribution is 5.56. The highest BCUT2D eigenvalue weighted by Crippen LogP contribution is 2.52. The van der Waals surface area contributed by atoms with E-state index < -0.39 is 5.60 Å². The minimum atomic E-state index is -0.647. The highest BCUT2D eigenvalue weighted by atomic mass is 16.7. The SMILES string of the molecule is Cc1ccc(C2(O)CC2)c2c1OCO2. The maximum atomic E-state index is 10.0. The van der Waals surface area contributed by atoms with Crippen LogP contribution in [0.3, 0.4) is 0 Å². The predicted molar refractivity (Wildman–Crippen MR) is 50.4 cm³/mol. The lowest BCUT2D eigenvalue weighted by Crippen LogP contribution is -2.05. The van der Waals surface area contributed by atoms with Gasteiger partial charge in [0.15, 0.2) is 11.5 Å². The Morgan fingerprint density at radius 1 is 1.21 bits per heavy atom. The molecule has 1 fully saturated rings. The molecule has 2 aliphatic rings. The lowest BCUT2D eigenvalue weighted by atomic mass is 10.0. The van der Waals surface area contributed by atoms with Crippen molar-refractivity contribution in [3.05, 3.63) is 23.3 Å². The molecule has 1 aliphatic heterocycles. The zero-order valence-corrected chi connectivity index (χ0v) is 8.04. The Kier molecular flexibility index (Phi) is 1.40. The Bertz CT molecular complexity index is 394. The number of ether oxygens (including phenoxy) is 2. The molecular formula is C11H12O3. The maximum Gasteiger partial charge on any atom is 0.231 e. The zero-order chi connectivity index (χ0) is 9.76. The molecule has 3 nitrogen and oxygen atoms in total. The Hall–Kier alpha value is -1.22. The van der Waals surface area contributed by atoms with Gasteiger partial charge >= 0.3 is 0 Å². The van der Waals surface area contributed by atoms with Crippen molar-refractivity contribution in [1.82, 2.24) is 0 Å². The van der Waals surface area contributed by atoms with Crippen LogP contribution in [0.25, 0.3) is 0 Å². The lowest BCUT2D eigenvalue weighted by Gasteiger charge is -2.11. The van der Waals surface area contributed by atoms with Crippen LogP contribution < -0.4 is 9.47 Å². The molecule has 0 unspecified atom stereocenters. The fraction of sp³-hybridized carbons (Fsp3) is 0.455. The van der Waals surface area contributed by atoms with E-state index >= 15 is 0 Å². The van der Waals surface area contributed by atoms with Crippen molar-refractivity contribution in [3.63, 3.8) is 0 Å². The van der Waals surface area contributed by atoms with E-state index in [0.717, 1.165) is 35.5 Å². The molecule has 0 spiro atoms. The van der Waals surface area contributed by atoms with Crippen LogP contribution in [0.1, 0.15) is 24.0 Å². The summed E-state index contributed by atoms with van der Waals surface area (Å²) in [5.74, 6) is 1.54. The second kappa shape index (κ2) is 2.42. The van der Waals surface area contributed by atoms with Crippen molar-refractivity contribution in [2.75, 3.05) is 6.79 Å². The van der Waals surface area contributed by atoms with E-state index in [2.05, 4.69) is 0 Å². The summed E-state index contributed by atoms with van der Waals surface area (Å²) in [5.41, 5.74) is 1.30. The van der Waals surface area contributed by atoms with Gasteiger partial charge in [0.1, 0.15) is 0 Å². The first kappa shape index (κ1) is 8.12. The molecule has 0 saturated heterocycles. The number of hydrogen-bond donors (Lipinski definition) is 1. The van der Waals surface area contributed by atoms with E-state index in [0.29, 0.717) is 0 Å². The molecule has 0 bridgehead atoms.